The molecule has 0 aliphatic heterocycles. The molecule has 1 saturated carbocycles. The zero-order chi connectivity index (χ0) is 45.0. The van der Waals surface area contributed by atoms with Crippen molar-refractivity contribution >= 4 is 89.7 Å². The standard InChI is InChI=1S/C40H36N8O12S3.3Na/c1-19-10-12-21(13-11-19)42-39-45-38(41)46-40(47-39)44-26-17-27(30(63(56,57)58)18-29(26)61-60-59-52)43-25-14-15-28-33-31(23-8-3-4-9-24(23)36(50)32(25)33)34(37(51)48(28)2)35(49)20-6-5-7-22(16-20)62(53,54)55;;;/h3-9,14-19,21,43,52H,10-13H2,1-2H3,(H,53,54,55)(H,56,57,58)(H4,41,42,44,45,46,47);;;/q;3*+1/p-3. The third-order valence-corrected chi connectivity index (χ3v) is 13.2. The predicted molar refractivity (Wildman–Crippen MR) is 224 cm³/mol. The quantitative estimate of drug-likeness (QED) is 0.0211. The number of ketones is 2. The van der Waals surface area contributed by atoms with Gasteiger partial charge in [0.2, 0.25) is 17.8 Å². The molecule has 5 N–H and O–H groups in total. The number of aryl methyl sites for hydroxylation is 1. The van der Waals surface area contributed by atoms with Gasteiger partial charge in [0.15, 0.2) is 11.6 Å². The Morgan fingerprint density at radius 3 is 2.15 bits per heavy atom. The number of carbonyl (C=O) groups is 2. The molecule has 4 aromatic carbocycles. The number of fused-ring (bicyclic) bond motifs is 2. The van der Waals surface area contributed by atoms with Crippen molar-refractivity contribution in [3.8, 4) is 11.1 Å². The molecule has 0 saturated heterocycles. The van der Waals surface area contributed by atoms with Gasteiger partial charge in [0.05, 0.1) is 60.4 Å². The first kappa shape index (κ1) is 53.6. The molecule has 2 heterocycles. The molecule has 2 aliphatic carbocycles. The van der Waals surface area contributed by atoms with E-state index in [1.807, 2.05) is 0 Å². The van der Waals surface area contributed by atoms with E-state index in [2.05, 4.69) is 47.2 Å². The Hall–Kier alpha value is -3.31. The summed E-state index contributed by atoms with van der Waals surface area (Å²) in [5, 5.41) is 23.5. The average Bonchev–Trinajstić information content (AvgIpc) is 3.23. The van der Waals surface area contributed by atoms with Gasteiger partial charge in [-0.15, -0.1) is 0 Å². The molecule has 0 atom stereocenters. The van der Waals surface area contributed by atoms with E-state index < -0.39 is 58.4 Å². The first-order valence-corrected chi connectivity index (χ1v) is 22.5. The number of pyridine rings is 1. The topological polar surface area (TPSA) is 313 Å². The maximum absolute atomic E-state index is 14.6. The summed E-state index contributed by atoms with van der Waals surface area (Å²) in [7, 11) is -9.01. The Kier molecular flexibility index (Phi) is 17.5. The van der Waals surface area contributed by atoms with Crippen molar-refractivity contribution in [3.63, 3.8) is 0 Å². The zero-order valence-corrected chi connectivity index (χ0v) is 44.4. The summed E-state index contributed by atoms with van der Waals surface area (Å²) < 4.78 is 80.0. The van der Waals surface area contributed by atoms with Crippen molar-refractivity contribution in [1.29, 1.82) is 0 Å². The second kappa shape index (κ2) is 21.5. The van der Waals surface area contributed by atoms with Gasteiger partial charge in [0, 0.05) is 35.2 Å². The molecule has 66 heavy (non-hydrogen) atoms. The molecule has 2 aromatic heterocycles. The third kappa shape index (κ3) is 10.9. The van der Waals surface area contributed by atoms with Crippen LogP contribution in [0.1, 0.15) is 64.4 Å². The van der Waals surface area contributed by atoms with E-state index in [-0.39, 0.29) is 180 Å². The number of nitrogens with zero attached hydrogens (tertiary/aromatic N) is 4. The molecule has 0 unspecified atom stereocenters. The van der Waals surface area contributed by atoms with Crippen molar-refractivity contribution in [2.24, 2.45) is 13.0 Å². The molecule has 0 radical (unpaired) electrons. The van der Waals surface area contributed by atoms with Crippen molar-refractivity contribution in [1.82, 2.24) is 19.5 Å². The van der Waals surface area contributed by atoms with E-state index in [1.165, 1.54) is 43.4 Å². The van der Waals surface area contributed by atoms with E-state index in [9.17, 15) is 45.6 Å². The number of carbonyl (C=O) groups excluding carboxylic acids is 2. The van der Waals surface area contributed by atoms with Crippen LogP contribution in [0.25, 0.3) is 22.0 Å². The van der Waals surface area contributed by atoms with Gasteiger partial charge in [-0.05, 0) is 73.6 Å². The van der Waals surface area contributed by atoms with Crippen LogP contribution in [0.4, 0.5) is 34.9 Å². The fourth-order valence-corrected chi connectivity index (χ4v) is 9.57. The Bertz CT molecular complexity index is 3190. The minimum atomic E-state index is -5.36. The zero-order valence-electron chi connectivity index (χ0n) is 35.9. The summed E-state index contributed by atoms with van der Waals surface area (Å²) in [6.07, 6.45) is 3.73. The van der Waals surface area contributed by atoms with Gasteiger partial charge in [0.1, 0.15) is 20.2 Å². The summed E-state index contributed by atoms with van der Waals surface area (Å²) in [6, 6.07) is 15.3. The molecule has 20 nitrogen and oxygen atoms in total. The summed E-state index contributed by atoms with van der Waals surface area (Å²) >= 11 is 0.254. The van der Waals surface area contributed by atoms with Gasteiger partial charge in [-0.2, -0.15) is 19.3 Å². The smallest absolute Gasteiger partial charge is 0.744 e. The third-order valence-electron chi connectivity index (χ3n) is 10.9. The number of nitrogen functional groups attached to an aromatic ring is 1. The minimum Gasteiger partial charge on any atom is -0.744 e. The molecular weight excluding hydrogens is 950 g/mol. The van der Waals surface area contributed by atoms with E-state index in [0.29, 0.717) is 5.92 Å². The average molecular weight is 983 g/mol. The minimum absolute atomic E-state index is 0. The normalized spacial score (nSPS) is 15.4. The Morgan fingerprint density at radius 1 is 0.803 bits per heavy atom. The molecule has 0 bridgehead atoms. The van der Waals surface area contributed by atoms with E-state index in [1.54, 1.807) is 12.1 Å². The number of benzene rings is 4. The van der Waals surface area contributed by atoms with Crippen LogP contribution in [0.3, 0.4) is 0 Å². The number of hydrogen-bond acceptors (Lipinski definition) is 20. The van der Waals surface area contributed by atoms with E-state index in [0.717, 1.165) is 54.5 Å². The van der Waals surface area contributed by atoms with Crippen LogP contribution in [0.2, 0.25) is 0 Å². The van der Waals surface area contributed by atoms with Gasteiger partial charge in [-0.1, -0.05) is 43.3 Å². The number of rotatable bonds is 13. The molecule has 1 fully saturated rings. The molecule has 0 amide bonds. The molecule has 0 spiro atoms. The number of hydrogen-bond donors (Lipinski definition) is 4. The molecule has 326 valence electrons. The number of aromatic nitrogens is 4. The van der Waals surface area contributed by atoms with Crippen molar-refractivity contribution in [2.75, 3.05) is 21.7 Å². The molecule has 2 aliphatic rings. The van der Waals surface area contributed by atoms with Gasteiger partial charge in [-0.25, -0.2) is 16.8 Å². The molecule has 8 rings (SSSR count). The van der Waals surface area contributed by atoms with Crippen LogP contribution in [-0.2, 0) is 36.7 Å². The fraction of sp³-hybridized carbons (Fsp3) is 0.200. The summed E-state index contributed by atoms with van der Waals surface area (Å²) in [5.41, 5.74) is 4.23. The van der Waals surface area contributed by atoms with Crippen LogP contribution in [0, 0.1) is 5.92 Å². The second-order valence-electron chi connectivity index (χ2n) is 14.9. The van der Waals surface area contributed by atoms with Gasteiger partial charge >= 0.3 is 88.7 Å². The number of nitrogens with one attached hydrogen (secondary N) is 3. The maximum Gasteiger partial charge on any atom is 1.00 e. The number of nitrogens with two attached hydrogens (primary N) is 1. The molecule has 6 aromatic rings. The first-order chi connectivity index (χ1) is 29.9. The van der Waals surface area contributed by atoms with Crippen LogP contribution in [0.15, 0.2) is 92.3 Å². The monoisotopic (exact) mass is 982 g/mol. The van der Waals surface area contributed by atoms with Crippen molar-refractivity contribution in [2.45, 2.75) is 53.3 Å². The van der Waals surface area contributed by atoms with E-state index >= 15 is 0 Å². The van der Waals surface area contributed by atoms with Crippen LogP contribution < -0.4 is 121 Å². The fourth-order valence-electron chi connectivity index (χ4n) is 7.87. The van der Waals surface area contributed by atoms with Crippen LogP contribution >= 0.6 is 12.0 Å². The number of anilines is 6. The van der Waals surface area contributed by atoms with Crippen molar-refractivity contribution in [3.05, 3.63) is 105 Å². The second-order valence-corrected chi connectivity index (χ2v) is 18.4. The van der Waals surface area contributed by atoms with Crippen LogP contribution in [-0.4, -0.2) is 63.1 Å². The Labute approximate surface area is 447 Å². The Balaban J connectivity index is 0.00000272. The van der Waals surface area contributed by atoms with Gasteiger partial charge < -0.3 is 40.6 Å². The first-order valence-electron chi connectivity index (χ1n) is 19.0. The summed E-state index contributed by atoms with van der Waals surface area (Å²) in [6.45, 7) is 2.17. The van der Waals surface area contributed by atoms with Crippen molar-refractivity contribution < 1.29 is 139 Å². The molecular formula is C40H33N8Na3O12S3. The van der Waals surface area contributed by atoms with Crippen LogP contribution in [0.5, 0.6) is 0 Å². The summed E-state index contributed by atoms with van der Waals surface area (Å²) in [4.78, 5) is 54.1. The Morgan fingerprint density at radius 2 is 1.48 bits per heavy atom. The van der Waals surface area contributed by atoms with E-state index in [4.69, 9.17) is 5.73 Å². The SMILES string of the molecule is CC1CCC(Nc2nc(N)nc(Nc3cc(Nc4ccc5c6c4C(=O)c4ccccc4-c6c(C(=O)c4cccc(S(=O)(=O)[O-])c4)c(=O)n5C)c(S(=O)(=O)[O-])cc3SOO[O-])n2)CC1.[Na+].[Na+].[Na+]. The van der Waals surface area contributed by atoms with Gasteiger partial charge in [0.25, 0.3) is 5.56 Å². The largest absolute Gasteiger partial charge is 1.00 e. The maximum atomic E-state index is 14.6. The molecule has 26 heteroatoms. The summed E-state index contributed by atoms with van der Waals surface area (Å²) in [5.74, 6) is -1.15. The predicted octanol–water partition coefficient (Wildman–Crippen LogP) is -4.72. The van der Waals surface area contributed by atoms with Gasteiger partial charge in [-0.3, -0.25) is 19.4 Å².